The molecule has 1 saturated heterocycles. The number of piperidine rings is 1. The summed E-state index contributed by atoms with van der Waals surface area (Å²) in [6.07, 6.45) is 4.27. The van der Waals surface area contributed by atoms with Gasteiger partial charge in [-0.05, 0) is 81.3 Å². The Balaban J connectivity index is 1.39. The summed E-state index contributed by atoms with van der Waals surface area (Å²) >= 11 is 12.0. The summed E-state index contributed by atoms with van der Waals surface area (Å²) < 4.78 is 59.8. The fourth-order valence-electron chi connectivity index (χ4n) is 4.60. The van der Waals surface area contributed by atoms with E-state index in [4.69, 9.17) is 27.9 Å². The van der Waals surface area contributed by atoms with Gasteiger partial charge in [0, 0.05) is 22.7 Å². The molecule has 0 radical (unpaired) electrons. The van der Waals surface area contributed by atoms with Crippen LogP contribution >= 0.6 is 23.2 Å². The van der Waals surface area contributed by atoms with Crippen LogP contribution in [0.25, 0.3) is 0 Å². The Morgan fingerprint density at radius 2 is 1.81 bits per heavy atom. The second kappa shape index (κ2) is 10.8. The van der Waals surface area contributed by atoms with E-state index in [0.29, 0.717) is 22.9 Å². The van der Waals surface area contributed by atoms with Gasteiger partial charge in [-0.15, -0.1) is 0 Å². The van der Waals surface area contributed by atoms with Crippen molar-refractivity contribution in [3.8, 4) is 5.75 Å². The Kier molecular flexibility index (Phi) is 8.14. The summed E-state index contributed by atoms with van der Waals surface area (Å²) in [6, 6.07) is 5.38. The molecule has 0 aromatic heterocycles. The number of carbonyl (C=O) groups excluding carboxylic acids is 1. The molecule has 1 saturated carbocycles. The zero-order valence-corrected chi connectivity index (χ0v) is 22.3. The number of nitrogens with one attached hydrogen (secondary N) is 1. The summed E-state index contributed by atoms with van der Waals surface area (Å²) in [7, 11) is -3.81. The van der Waals surface area contributed by atoms with E-state index in [-0.39, 0.29) is 28.5 Å². The molecule has 6 nitrogen and oxygen atoms in total. The van der Waals surface area contributed by atoms with Gasteiger partial charge in [0.05, 0.1) is 23.4 Å². The van der Waals surface area contributed by atoms with Gasteiger partial charge in [-0.1, -0.05) is 23.2 Å². The molecule has 0 bridgehead atoms. The standard InChI is InChI=1S/C25H28Cl2F2N2O4S/c1-14(18-9-17(26)10-21(27)24(18)29)31-7-5-15(6-8-31)13-35-23-12-22(28)20(11-19(23)16-3-4-16)25(32)30-36(2,33)34/h9-12,14-16H,3-8,13H2,1-2H3,(H,30,32). The highest BCUT2D eigenvalue weighted by Gasteiger charge is 2.31. The first-order valence-corrected chi connectivity index (χ1v) is 14.4. The molecule has 1 heterocycles. The molecule has 1 N–H and O–H groups in total. The van der Waals surface area contributed by atoms with E-state index in [1.54, 1.807) is 6.07 Å². The van der Waals surface area contributed by atoms with Crippen LogP contribution in [0.5, 0.6) is 5.75 Å². The maximum Gasteiger partial charge on any atom is 0.267 e. The van der Waals surface area contributed by atoms with Gasteiger partial charge in [-0.2, -0.15) is 0 Å². The predicted molar refractivity (Wildman–Crippen MR) is 135 cm³/mol. The summed E-state index contributed by atoms with van der Waals surface area (Å²) in [4.78, 5) is 14.4. The Hall–Kier alpha value is -1.94. The average Bonchev–Trinajstić information content (AvgIpc) is 3.64. The van der Waals surface area contributed by atoms with Gasteiger partial charge in [-0.25, -0.2) is 21.9 Å². The molecule has 2 fully saturated rings. The van der Waals surface area contributed by atoms with Crippen molar-refractivity contribution in [3.63, 3.8) is 0 Å². The Bertz CT molecular complexity index is 1260. The summed E-state index contributed by atoms with van der Waals surface area (Å²) in [5, 5.41) is 0.399. The maximum atomic E-state index is 14.7. The van der Waals surface area contributed by atoms with Crippen LogP contribution in [-0.4, -0.2) is 45.2 Å². The number of nitrogens with zero attached hydrogens (tertiary/aromatic N) is 1. The van der Waals surface area contributed by atoms with Crippen LogP contribution in [0.4, 0.5) is 8.78 Å². The van der Waals surface area contributed by atoms with E-state index >= 15 is 0 Å². The highest BCUT2D eigenvalue weighted by Crippen LogP contribution is 2.45. The first-order chi connectivity index (χ1) is 16.9. The lowest BCUT2D eigenvalue weighted by atomic mass is 9.95. The molecule has 1 unspecified atom stereocenters. The second-order valence-corrected chi connectivity index (χ2v) is 12.2. The van der Waals surface area contributed by atoms with Crippen LogP contribution in [-0.2, 0) is 10.0 Å². The number of halogens is 4. The minimum absolute atomic E-state index is 0.00570. The number of hydrogen-bond acceptors (Lipinski definition) is 5. The molecule has 2 aromatic carbocycles. The summed E-state index contributed by atoms with van der Waals surface area (Å²) in [5.74, 6) is -1.51. The largest absolute Gasteiger partial charge is 0.493 e. The average molecular weight is 561 g/mol. The third-order valence-electron chi connectivity index (χ3n) is 6.78. The van der Waals surface area contributed by atoms with Crippen LogP contribution in [0.15, 0.2) is 24.3 Å². The number of rotatable bonds is 8. The fourth-order valence-corrected chi connectivity index (χ4v) is 5.55. The topological polar surface area (TPSA) is 75.7 Å². The lowest BCUT2D eigenvalue weighted by Gasteiger charge is -2.36. The smallest absolute Gasteiger partial charge is 0.267 e. The number of ether oxygens (including phenoxy) is 1. The van der Waals surface area contributed by atoms with Crippen LogP contribution in [0.2, 0.25) is 10.0 Å². The number of amides is 1. The molecule has 11 heteroatoms. The minimum atomic E-state index is -3.81. The van der Waals surface area contributed by atoms with Crippen molar-refractivity contribution in [2.75, 3.05) is 26.0 Å². The molecule has 0 spiro atoms. The van der Waals surface area contributed by atoms with Crippen molar-refractivity contribution in [1.82, 2.24) is 9.62 Å². The maximum absolute atomic E-state index is 14.7. The van der Waals surface area contributed by atoms with Crippen LogP contribution in [0.1, 0.15) is 66.1 Å². The first-order valence-electron chi connectivity index (χ1n) is 11.8. The molecule has 4 rings (SSSR count). The molecule has 36 heavy (non-hydrogen) atoms. The first kappa shape index (κ1) is 27.1. The lowest BCUT2D eigenvalue weighted by molar-refractivity contribution is 0.0977. The van der Waals surface area contributed by atoms with Crippen LogP contribution in [0.3, 0.4) is 0 Å². The minimum Gasteiger partial charge on any atom is -0.493 e. The second-order valence-electron chi connectivity index (χ2n) is 9.60. The van der Waals surface area contributed by atoms with Crippen molar-refractivity contribution in [2.24, 2.45) is 5.92 Å². The van der Waals surface area contributed by atoms with E-state index in [1.807, 2.05) is 11.6 Å². The predicted octanol–water partition coefficient (Wildman–Crippen LogP) is 5.69. The zero-order valence-electron chi connectivity index (χ0n) is 20.0. The third-order valence-corrected chi connectivity index (χ3v) is 7.83. The Labute approximate surface area is 220 Å². The van der Waals surface area contributed by atoms with Crippen LogP contribution in [0, 0.1) is 17.6 Å². The van der Waals surface area contributed by atoms with E-state index in [0.717, 1.165) is 50.6 Å². The van der Waals surface area contributed by atoms with E-state index < -0.39 is 27.6 Å². The molecule has 1 aliphatic heterocycles. The lowest BCUT2D eigenvalue weighted by Crippen LogP contribution is -2.37. The highest BCUT2D eigenvalue weighted by atomic mass is 35.5. The quantitative estimate of drug-likeness (QED) is 0.420. The molecule has 1 aliphatic carbocycles. The van der Waals surface area contributed by atoms with Crippen molar-refractivity contribution in [2.45, 2.75) is 44.6 Å². The van der Waals surface area contributed by atoms with Gasteiger partial charge < -0.3 is 4.74 Å². The van der Waals surface area contributed by atoms with Gasteiger partial charge in [0.25, 0.3) is 5.91 Å². The number of likely N-dealkylation sites (tertiary alicyclic amines) is 1. The Morgan fingerprint density at radius 1 is 1.14 bits per heavy atom. The number of carbonyl (C=O) groups is 1. The van der Waals surface area contributed by atoms with Gasteiger partial charge in [0.2, 0.25) is 10.0 Å². The fraction of sp³-hybridized carbons (Fsp3) is 0.480. The molecular weight excluding hydrogens is 533 g/mol. The van der Waals surface area contributed by atoms with Gasteiger partial charge in [-0.3, -0.25) is 9.69 Å². The van der Waals surface area contributed by atoms with Crippen molar-refractivity contribution >= 4 is 39.1 Å². The monoisotopic (exact) mass is 560 g/mol. The zero-order chi connectivity index (χ0) is 26.2. The van der Waals surface area contributed by atoms with E-state index in [1.165, 1.54) is 18.2 Å². The molecule has 1 amide bonds. The van der Waals surface area contributed by atoms with E-state index in [2.05, 4.69) is 4.90 Å². The summed E-state index contributed by atoms with van der Waals surface area (Å²) in [5.41, 5.74) is 0.867. The normalized spacial score (nSPS) is 18.2. The number of hydrogen-bond donors (Lipinski definition) is 1. The van der Waals surface area contributed by atoms with E-state index in [9.17, 15) is 22.0 Å². The number of benzene rings is 2. The Morgan fingerprint density at radius 3 is 2.42 bits per heavy atom. The SMILES string of the molecule is CC(c1cc(Cl)cc(Cl)c1F)N1CCC(COc2cc(F)c(C(=O)NS(C)(=O)=O)cc2C2CC2)CC1. The van der Waals surface area contributed by atoms with Crippen molar-refractivity contribution in [3.05, 3.63) is 62.6 Å². The molecule has 196 valence electrons. The highest BCUT2D eigenvalue weighted by molar-refractivity contribution is 7.89. The van der Waals surface area contributed by atoms with Crippen molar-refractivity contribution in [1.29, 1.82) is 0 Å². The third kappa shape index (κ3) is 6.49. The number of sulfonamides is 1. The van der Waals surface area contributed by atoms with Crippen molar-refractivity contribution < 1.29 is 26.7 Å². The van der Waals surface area contributed by atoms with Crippen LogP contribution < -0.4 is 9.46 Å². The molecule has 1 atom stereocenters. The van der Waals surface area contributed by atoms with Gasteiger partial charge >= 0.3 is 0 Å². The summed E-state index contributed by atoms with van der Waals surface area (Å²) in [6.45, 7) is 3.77. The molecule has 2 aromatic rings. The molecule has 2 aliphatic rings. The molecular formula is C25H28Cl2F2N2O4S. The van der Waals surface area contributed by atoms with Gasteiger partial charge in [0.15, 0.2) is 0 Å². The van der Waals surface area contributed by atoms with Gasteiger partial charge in [0.1, 0.15) is 17.4 Å².